The third kappa shape index (κ3) is 3.63. The molecule has 5 rings (SSSR count). The Balaban J connectivity index is 1.36. The van der Waals surface area contributed by atoms with E-state index in [1.54, 1.807) is 36.0 Å². The lowest BCUT2D eigenvalue weighted by Crippen LogP contribution is -2.44. The van der Waals surface area contributed by atoms with Gasteiger partial charge in [-0.25, -0.2) is 4.98 Å². The molecule has 0 radical (unpaired) electrons. The summed E-state index contributed by atoms with van der Waals surface area (Å²) in [6.07, 6.45) is 6.26. The fourth-order valence-corrected chi connectivity index (χ4v) is 4.77. The molecular weight excluding hydrogens is 400 g/mol. The average molecular weight is 425 g/mol. The second kappa shape index (κ2) is 7.06. The van der Waals surface area contributed by atoms with Crippen molar-refractivity contribution in [2.75, 3.05) is 18.0 Å². The van der Waals surface area contributed by atoms with Crippen molar-refractivity contribution in [2.45, 2.75) is 38.8 Å². The van der Waals surface area contributed by atoms with E-state index in [4.69, 9.17) is 4.98 Å². The number of nitrogens with one attached hydrogen (secondary N) is 3. The van der Waals surface area contributed by atoms with Gasteiger partial charge in [0, 0.05) is 48.7 Å². The molecule has 1 saturated heterocycles. The summed E-state index contributed by atoms with van der Waals surface area (Å²) >= 11 is 1.55. The molecule has 0 amide bonds. The quantitative estimate of drug-likeness (QED) is 0.465. The molecule has 5 heterocycles. The number of fused-ring (bicyclic) bond motifs is 1. The van der Waals surface area contributed by atoms with Gasteiger partial charge in [0.15, 0.2) is 15.6 Å². The Kier molecular flexibility index (Phi) is 4.48. The number of nitrogens with zero attached hydrogens (tertiary/aromatic N) is 5. The first-order chi connectivity index (χ1) is 14.4. The van der Waals surface area contributed by atoms with Crippen LogP contribution in [0, 0.1) is 0 Å². The normalized spacial score (nSPS) is 17.3. The molecule has 1 aliphatic heterocycles. The van der Waals surface area contributed by atoms with Crippen LogP contribution in [0.15, 0.2) is 35.5 Å². The minimum atomic E-state index is -0.161. The molecular formula is C20H24N8OS. The Morgan fingerprint density at radius 2 is 2.13 bits per heavy atom. The van der Waals surface area contributed by atoms with E-state index in [1.165, 1.54) is 4.57 Å². The second-order valence-corrected chi connectivity index (χ2v) is 9.60. The standard InChI is InChI=1S/C20H24N8OS/c1-20(2,3)26-14-5-6-27(11-14)19-24-16-17(30-19)25-18(23-16)28-7-4-12(8-15(28)29)13-9-21-22-10-13/h4,7-10,14,26H,5-6,11H2,1-3H3,(H,21,22)(H,23,25). The van der Waals surface area contributed by atoms with Crippen molar-refractivity contribution < 1.29 is 0 Å². The van der Waals surface area contributed by atoms with Gasteiger partial charge < -0.3 is 15.2 Å². The highest BCUT2D eigenvalue weighted by Gasteiger charge is 2.28. The lowest BCUT2D eigenvalue weighted by molar-refractivity contribution is 0.373. The van der Waals surface area contributed by atoms with E-state index < -0.39 is 0 Å². The minimum absolute atomic E-state index is 0.104. The monoisotopic (exact) mass is 424 g/mol. The zero-order valence-corrected chi connectivity index (χ0v) is 18.0. The highest BCUT2D eigenvalue weighted by atomic mass is 32.1. The van der Waals surface area contributed by atoms with Crippen LogP contribution in [0.2, 0.25) is 0 Å². The molecule has 9 nitrogen and oxygen atoms in total. The second-order valence-electron chi connectivity index (χ2n) is 8.65. The van der Waals surface area contributed by atoms with Crippen LogP contribution >= 0.6 is 11.3 Å². The number of hydrogen-bond acceptors (Lipinski definition) is 7. The molecule has 1 unspecified atom stereocenters. The maximum atomic E-state index is 12.6. The van der Waals surface area contributed by atoms with Gasteiger partial charge in [-0.1, -0.05) is 11.3 Å². The first-order valence-electron chi connectivity index (χ1n) is 9.97. The molecule has 1 atom stereocenters. The maximum Gasteiger partial charge on any atom is 0.258 e. The van der Waals surface area contributed by atoms with Crippen molar-refractivity contribution in [2.24, 2.45) is 0 Å². The van der Waals surface area contributed by atoms with Crippen LogP contribution < -0.4 is 15.8 Å². The molecule has 0 bridgehead atoms. The number of aromatic amines is 2. The molecule has 4 aromatic rings. The van der Waals surface area contributed by atoms with E-state index in [2.05, 4.69) is 51.2 Å². The smallest absolute Gasteiger partial charge is 0.258 e. The molecule has 10 heteroatoms. The molecule has 156 valence electrons. The largest absolute Gasteiger partial charge is 0.346 e. The van der Waals surface area contributed by atoms with Gasteiger partial charge in [-0.15, -0.1) is 0 Å². The summed E-state index contributed by atoms with van der Waals surface area (Å²) in [4.78, 5) is 28.2. The fourth-order valence-electron chi connectivity index (χ4n) is 3.84. The summed E-state index contributed by atoms with van der Waals surface area (Å²) in [5.74, 6) is 0.479. The van der Waals surface area contributed by atoms with E-state index in [1.807, 2.05) is 6.07 Å². The number of imidazole rings is 1. The van der Waals surface area contributed by atoms with Gasteiger partial charge in [-0.2, -0.15) is 10.1 Å². The van der Waals surface area contributed by atoms with Gasteiger partial charge in [-0.05, 0) is 38.8 Å². The lowest BCUT2D eigenvalue weighted by atomic mass is 10.1. The van der Waals surface area contributed by atoms with Crippen molar-refractivity contribution >= 4 is 26.9 Å². The van der Waals surface area contributed by atoms with E-state index in [9.17, 15) is 4.79 Å². The number of rotatable bonds is 4. The summed E-state index contributed by atoms with van der Waals surface area (Å²) in [5.41, 5.74) is 2.34. The average Bonchev–Trinajstić information content (AvgIpc) is 3.43. The lowest BCUT2D eigenvalue weighted by Gasteiger charge is -2.25. The minimum Gasteiger partial charge on any atom is -0.346 e. The predicted octanol–water partition coefficient (Wildman–Crippen LogP) is 2.53. The first kappa shape index (κ1) is 19.0. The Morgan fingerprint density at radius 1 is 1.27 bits per heavy atom. The number of H-pyrrole nitrogens is 2. The van der Waals surface area contributed by atoms with Gasteiger partial charge >= 0.3 is 0 Å². The Bertz CT molecular complexity index is 1200. The van der Waals surface area contributed by atoms with Gasteiger partial charge in [-0.3, -0.25) is 14.5 Å². The van der Waals surface area contributed by atoms with Gasteiger partial charge in [0.2, 0.25) is 5.95 Å². The summed E-state index contributed by atoms with van der Waals surface area (Å²) in [6, 6.07) is 3.91. The van der Waals surface area contributed by atoms with Crippen molar-refractivity contribution in [1.29, 1.82) is 0 Å². The number of pyridine rings is 1. The van der Waals surface area contributed by atoms with Crippen LogP contribution in [-0.2, 0) is 0 Å². The van der Waals surface area contributed by atoms with Crippen LogP contribution in [0.5, 0.6) is 0 Å². The van der Waals surface area contributed by atoms with Crippen molar-refractivity contribution in [1.82, 2.24) is 35.0 Å². The highest BCUT2D eigenvalue weighted by molar-refractivity contribution is 7.21. The van der Waals surface area contributed by atoms with Crippen molar-refractivity contribution in [3.8, 4) is 17.1 Å². The van der Waals surface area contributed by atoms with Gasteiger partial charge in [0.25, 0.3) is 5.56 Å². The molecule has 0 aliphatic carbocycles. The van der Waals surface area contributed by atoms with Crippen LogP contribution in [-0.4, -0.2) is 54.4 Å². The Labute approximate surface area is 177 Å². The topological polar surface area (TPSA) is 108 Å². The third-order valence-corrected chi connectivity index (χ3v) is 6.12. The number of anilines is 1. The van der Waals surface area contributed by atoms with Crippen LogP contribution in [0.25, 0.3) is 27.6 Å². The van der Waals surface area contributed by atoms with E-state index in [0.29, 0.717) is 17.6 Å². The summed E-state index contributed by atoms with van der Waals surface area (Å²) in [7, 11) is 0. The number of aromatic nitrogens is 6. The fraction of sp³-hybridized carbons (Fsp3) is 0.400. The van der Waals surface area contributed by atoms with E-state index >= 15 is 0 Å². The molecule has 0 spiro atoms. The first-order valence-corrected chi connectivity index (χ1v) is 10.8. The zero-order valence-electron chi connectivity index (χ0n) is 17.1. The molecule has 1 fully saturated rings. The summed E-state index contributed by atoms with van der Waals surface area (Å²) in [5, 5.41) is 11.3. The zero-order chi connectivity index (χ0) is 20.9. The number of thiazole rings is 1. The predicted molar refractivity (Wildman–Crippen MR) is 118 cm³/mol. The molecule has 0 saturated carbocycles. The number of hydrogen-bond donors (Lipinski definition) is 3. The molecule has 4 aromatic heterocycles. The molecule has 0 aromatic carbocycles. The SMILES string of the molecule is CC(C)(C)NC1CCN(c2nc3[nH]c(-n4ccc(-c5cn[nH]c5)cc4=O)nc3s2)C1. The van der Waals surface area contributed by atoms with E-state index in [-0.39, 0.29) is 11.1 Å². The maximum absolute atomic E-state index is 12.6. The van der Waals surface area contributed by atoms with Crippen LogP contribution in [0.4, 0.5) is 5.13 Å². The van der Waals surface area contributed by atoms with Crippen LogP contribution in [0.3, 0.4) is 0 Å². The molecule has 3 N–H and O–H groups in total. The van der Waals surface area contributed by atoms with Gasteiger partial charge in [0.05, 0.1) is 6.20 Å². The van der Waals surface area contributed by atoms with Gasteiger partial charge in [0.1, 0.15) is 0 Å². The summed E-state index contributed by atoms with van der Waals surface area (Å²) < 4.78 is 1.50. The highest BCUT2D eigenvalue weighted by Crippen LogP contribution is 2.30. The van der Waals surface area contributed by atoms with Crippen LogP contribution in [0.1, 0.15) is 27.2 Å². The molecule has 1 aliphatic rings. The third-order valence-electron chi connectivity index (χ3n) is 5.11. The molecule has 30 heavy (non-hydrogen) atoms. The van der Waals surface area contributed by atoms with Crippen molar-refractivity contribution in [3.05, 3.63) is 41.1 Å². The summed E-state index contributed by atoms with van der Waals surface area (Å²) in [6.45, 7) is 8.49. The Hall–Kier alpha value is -2.98. The Morgan fingerprint density at radius 3 is 2.83 bits per heavy atom. The van der Waals surface area contributed by atoms with Crippen molar-refractivity contribution in [3.63, 3.8) is 0 Å². The van der Waals surface area contributed by atoms with E-state index in [0.717, 1.165) is 40.6 Å².